The average Bonchev–Trinajstić information content (AvgIpc) is 3.03. The Morgan fingerprint density at radius 3 is 2.87 bits per heavy atom. The molecule has 0 saturated heterocycles. The quantitative estimate of drug-likeness (QED) is 0.775. The number of hydrogen-bond acceptors (Lipinski definition) is 2. The summed E-state index contributed by atoms with van der Waals surface area (Å²) < 4.78 is 0. The number of carboxylic acid groups (broad SMARTS) is 1. The highest BCUT2D eigenvalue weighted by atomic mass is 35.5. The molecule has 0 bridgehead atoms. The first-order valence-electron chi connectivity index (χ1n) is 7.69. The van der Waals surface area contributed by atoms with Crippen molar-refractivity contribution in [3.05, 3.63) is 76.3 Å². The molecule has 0 unspecified atom stereocenters. The van der Waals surface area contributed by atoms with Gasteiger partial charge in [-0.05, 0) is 53.8 Å². The predicted molar refractivity (Wildman–Crippen MR) is 91.2 cm³/mol. The lowest BCUT2D eigenvalue weighted by molar-refractivity contribution is 0.0696. The summed E-state index contributed by atoms with van der Waals surface area (Å²) in [6, 6.07) is 13.5. The maximum absolute atomic E-state index is 11.2. The molecule has 3 nitrogen and oxygen atoms in total. The van der Waals surface area contributed by atoms with Crippen molar-refractivity contribution in [2.75, 3.05) is 5.32 Å². The average molecular weight is 326 g/mol. The first kappa shape index (κ1) is 14.3. The lowest BCUT2D eigenvalue weighted by atomic mass is 9.76. The number of nitrogens with one attached hydrogen (secondary N) is 1. The van der Waals surface area contributed by atoms with E-state index in [9.17, 15) is 9.90 Å². The molecule has 0 fully saturated rings. The normalized spacial score (nSPS) is 24.7. The third-order valence-electron chi connectivity index (χ3n) is 4.82. The third kappa shape index (κ3) is 2.41. The van der Waals surface area contributed by atoms with Crippen LogP contribution in [0.3, 0.4) is 0 Å². The molecule has 0 radical (unpaired) electrons. The van der Waals surface area contributed by atoms with Gasteiger partial charge in [-0.1, -0.05) is 35.9 Å². The van der Waals surface area contributed by atoms with Crippen molar-refractivity contribution in [1.82, 2.24) is 0 Å². The molecule has 3 atom stereocenters. The SMILES string of the molecule is O=C(O)c1ccc2c(c1)[C@H]1C=CC[C@@H]1[C@H](c1cccc(Cl)c1)N2. The van der Waals surface area contributed by atoms with Crippen molar-refractivity contribution in [1.29, 1.82) is 0 Å². The molecule has 2 aromatic rings. The number of rotatable bonds is 2. The first-order chi connectivity index (χ1) is 11.1. The van der Waals surface area contributed by atoms with E-state index in [-0.39, 0.29) is 12.0 Å². The van der Waals surface area contributed by atoms with Gasteiger partial charge in [-0.15, -0.1) is 0 Å². The van der Waals surface area contributed by atoms with Crippen LogP contribution in [0.1, 0.15) is 39.9 Å². The molecule has 4 heteroatoms. The summed E-state index contributed by atoms with van der Waals surface area (Å²) in [6.45, 7) is 0. The van der Waals surface area contributed by atoms with Gasteiger partial charge in [-0.25, -0.2) is 4.79 Å². The topological polar surface area (TPSA) is 49.3 Å². The van der Waals surface area contributed by atoms with Crippen LogP contribution in [-0.2, 0) is 0 Å². The van der Waals surface area contributed by atoms with Gasteiger partial charge in [0.15, 0.2) is 0 Å². The van der Waals surface area contributed by atoms with E-state index in [1.54, 1.807) is 12.1 Å². The lowest BCUT2D eigenvalue weighted by Crippen LogP contribution is -2.29. The third-order valence-corrected chi connectivity index (χ3v) is 5.05. The molecule has 0 saturated carbocycles. The van der Waals surface area contributed by atoms with Crippen molar-refractivity contribution < 1.29 is 9.90 Å². The molecular formula is C19H16ClNO2. The van der Waals surface area contributed by atoms with Gasteiger partial charge in [0.1, 0.15) is 0 Å². The van der Waals surface area contributed by atoms with Crippen molar-refractivity contribution in [2.24, 2.45) is 5.92 Å². The van der Waals surface area contributed by atoms with Crippen LogP contribution in [0.2, 0.25) is 5.02 Å². The molecule has 0 amide bonds. The number of carbonyl (C=O) groups is 1. The Bertz CT molecular complexity index is 815. The summed E-state index contributed by atoms with van der Waals surface area (Å²) in [5, 5.41) is 13.6. The van der Waals surface area contributed by atoms with Crippen LogP contribution in [0.25, 0.3) is 0 Å². The van der Waals surface area contributed by atoms with Crippen molar-refractivity contribution in [3.63, 3.8) is 0 Å². The number of anilines is 1. The molecule has 116 valence electrons. The Morgan fingerprint density at radius 2 is 2.09 bits per heavy atom. The largest absolute Gasteiger partial charge is 0.478 e. The van der Waals surface area contributed by atoms with E-state index in [4.69, 9.17) is 11.6 Å². The number of allylic oxidation sites excluding steroid dienone is 2. The maximum atomic E-state index is 11.2. The number of benzene rings is 2. The highest BCUT2D eigenvalue weighted by molar-refractivity contribution is 6.30. The van der Waals surface area contributed by atoms with Crippen molar-refractivity contribution in [3.8, 4) is 0 Å². The second-order valence-electron chi connectivity index (χ2n) is 6.14. The minimum absolute atomic E-state index is 0.178. The van der Waals surface area contributed by atoms with Crippen LogP contribution in [0.15, 0.2) is 54.6 Å². The minimum Gasteiger partial charge on any atom is -0.478 e. The number of aromatic carboxylic acids is 1. The summed E-state index contributed by atoms with van der Waals surface area (Å²) in [4.78, 5) is 11.2. The van der Waals surface area contributed by atoms with E-state index in [1.807, 2.05) is 24.3 Å². The van der Waals surface area contributed by atoms with Gasteiger partial charge in [0.05, 0.1) is 11.6 Å². The van der Waals surface area contributed by atoms with Crippen LogP contribution < -0.4 is 5.32 Å². The molecule has 0 spiro atoms. The Kier molecular flexibility index (Phi) is 3.38. The van der Waals surface area contributed by atoms with Gasteiger partial charge in [-0.3, -0.25) is 0 Å². The van der Waals surface area contributed by atoms with Crippen LogP contribution in [-0.4, -0.2) is 11.1 Å². The molecule has 1 aliphatic heterocycles. The molecule has 4 rings (SSSR count). The van der Waals surface area contributed by atoms with Gasteiger partial charge >= 0.3 is 5.97 Å². The Hall–Kier alpha value is -2.26. The van der Waals surface area contributed by atoms with Crippen molar-refractivity contribution >= 4 is 23.3 Å². The highest BCUT2D eigenvalue weighted by Crippen LogP contribution is 2.50. The van der Waals surface area contributed by atoms with Crippen LogP contribution in [0.5, 0.6) is 0 Å². The molecule has 0 aromatic heterocycles. The lowest BCUT2D eigenvalue weighted by Gasteiger charge is -2.37. The molecule has 23 heavy (non-hydrogen) atoms. The van der Waals surface area contributed by atoms with Crippen molar-refractivity contribution in [2.45, 2.75) is 18.4 Å². The second-order valence-corrected chi connectivity index (χ2v) is 6.57. The molecule has 1 heterocycles. The predicted octanol–water partition coefficient (Wildman–Crippen LogP) is 4.86. The van der Waals surface area contributed by atoms with E-state index in [0.717, 1.165) is 22.7 Å². The summed E-state index contributed by atoms with van der Waals surface area (Å²) in [6.07, 6.45) is 5.37. The zero-order valence-electron chi connectivity index (χ0n) is 12.4. The fraction of sp³-hybridized carbons (Fsp3) is 0.211. The van der Waals surface area contributed by atoms with E-state index < -0.39 is 5.97 Å². The van der Waals surface area contributed by atoms with Gasteiger partial charge in [0, 0.05) is 16.6 Å². The van der Waals surface area contributed by atoms with Crippen LogP contribution >= 0.6 is 11.6 Å². The monoisotopic (exact) mass is 325 g/mol. The standard InChI is InChI=1S/C19H16ClNO2/c20-13-4-1-3-11(9-13)18-15-6-2-5-14(15)16-10-12(19(22)23)7-8-17(16)21-18/h1-5,7-10,14-15,18,21H,6H2,(H,22,23)/t14-,15-,18-/m0/s1. The Balaban J connectivity index is 1.79. The van der Waals surface area contributed by atoms with E-state index in [2.05, 4.69) is 23.5 Å². The number of halogens is 1. The van der Waals surface area contributed by atoms with Crippen LogP contribution in [0, 0.1) is 5.92 Å². The highest BCUT2D eigenvalue weighted by Gasteiger charge is 2.38. The Labute approximate surface area is 139 Å². The summed E-state index contributed by atoms with van der Waals surface area (Å²) in [7, 11) is 0. The number of fused-ring (bicyclic) bond motifs is 3. The number of carboxylic acids is 1. The molecule has 1 aliphatic carbocycles. The summed E-state index contributed by atoms with van der Waals surface area (Å²) >= 11 is 6.15. The van der Waals surface area contributed by atoms with E-state index >= 15 is 0 Å². The smallest absolute Gasteiger partial charge is 0.335 e. The molecule has 2 aliphatic rings. The zero-order chi connectivity index (χ0) is 16.0. The van der Waals surface area contributed by atoms with E-state index in [0.29, 0.717) is 11.5 Å². The zero-order valence-corrected chi connectivity index (χ0v) is 13.1. The van der Waals surface area contributed by atoms with Gasteiger partial charge in [-0.2, -0.15) is 0 Å². The first-order valence-corrected chi connectivity index (χ1v) is 8.07. The van der Waals surface area contributed by atoms with Crippen LogP contribution in [0.4, 0.5) is 5.69 Å². The summed E-state index contributed by atoms with van der Waals surface area (Å²) in [5.74, 6) is -0.261. The fourth-order valence-electron chi connectivity index (χ4n) is 3.76. The number of hydrogen-bond donors (Lipinski definition) is 2. The molecule has 2 N–H and O–H groups in total. The maximum Gasteiger partial charge on any atom is 0.335 e. The fourth-order valence-corrected chi connectivity index (χ4v) is 3.96. The Morgan fingerprint density at radius 1 is 1.22 bits per heavy atom. The van der Waals surface area contributed by atoms with E-state index in [1.165, 1.54) is 5.56 Å². The minimum atomic E-state index is -0.886. The molecular weight excluding hydrogens is 310 g/mol. The van der Waals surface area contributed by atoms with Gasteiger partial charge < -0.3 is 10.4 Å². The van der Waals surface area contributed by atoms with Gasteiger partial charge in [0.25, 0.3) is 0 Å². The summed E-state index contributed by atoms with van der Waals surface area (Å²) in [5.41, 5.74) is 3.59. The van der Waals surface area contributed by atoms with Gasteiger partial charge in [0.2, 0.25) is 0 Å². The molecule has 2 aromatic carbocycles. The second kappa shape index (κ2) is 5.43.